The van der Waals surface area contributed by atoms with E-state index < -0.39 is 5.60 Å². The molecule has 2 N–H and O–H groups in total. The average Bonchev–Trinajstić information content (AvgIpc) is 2.98. The van der Waals surface area contributed by atoms with Crippen molar-refractivity contribution in [1.82, 2.24) is 5.32 Å². The third kappa shape index (κ3) is 2.80. The van der Waals surface area contributed by atoms with E-state index in [1.165, 1.54) is 18.4 Å². The Morgan fingerprint density at radius 1 is 1.47 bits per heavy atom. The van der Waals surface area contributed by atoms with Gasteiger partial charge in [-0.05, 0) is 32.3 Å². The zero-order valence-electron chi connectivity index (χ0n) is 9.46. The van der Waals surface area contributed by atoms with Crippen molar-refractivity contribution < 1.29 is 5.11 Å². The number of benzene rings is 1. The van der Waals surface area contributed by atoms with Gasteiger partial charge in [0.2, 0.25) is 0 Å². The Balaban J connectivity index is 2.05. The molecule has 82 valence electrons. The summed E-state index contributed by atoms with van der Waals surface area (Å²) < 4.78 is 0. The van der Waals surface area contributed by atoms with Crippen molar-refractivity contribution in [2.75, 3.05) is 6.54 Å². The van der Waals surface area contributed by atoms with Crippen LogP contribution >= 0.6 is 0 Å². The van der Waals surface area contributed by atoms with E-state index in [1.54, 1.807) is 0 Å². The summed E-state index contributed by atoms with van der Waals surface area (Å²) in [6.45, 7) is 4.56. The molecule has 1 fully saturated rings. The maximum Gasteiger partial charge on any atom is 0.0992 e. The van der Waals surface area contributed by atoms with E-state index in [4.69, 9.17) is 0 Å². The van der Waals surface area contributed by atoms with Crippen LogP contribution in [0.5, 0.6) is 0 Å². The Hall–Kier alpha value is -0.860. The molecule has 2 heteroatoms. The van der Waals surface area contributed by atoms with Gasteiger partial charge in [0, 0.05) is 12.6 Å². The third-order valence-electron chi connectivity index (χ3n) is 2.95. The highest BCUT2D eigenvalue weighted by molar-refractivity contribution is 5.27. The van der Waals surface area contributed by atoms with E-state index >= 15 is 0 Å². The molecule has 1 aromatic rings. The van der Waals surface area contributed by atoms with Gasteiger partial charge in [0.25, 0.3) is 0 Å². The van der Waals surface area contributed by atoms with Crippen LogP contribution in [0.2, 0.25) is 0 Å². The monoisotopic (exact) mass is 205 g/mol. The molecular weight excluding hydrogens is 186 g/mol. The van der Waals surface area contributed by atoms with E-state index in [-0.39, 0.29) is 0 Å². The van der Waals surface area contributed by atoms with Crippen molar-refractivity contribution in [1.29, 1.82) is 0 Å². The first-order valence-electron chi connectivity index (χ1n) is 5.61. The lowest BCUT2D eigenvalue weighted by Gasteiger charge is -2.24. The first-order chi connectivity index (χ1) is 7.08. The van der Waals surface area contributed by atoms with Crippen LogP contribution in [0.4, 0.5) is 0 Å². The molecular formula is C13H19NO. The van der Waals surface area contributed by atoms with E-state index in [1.807, 2.05) is 32.0 Å². The largest absolute Gasteiger partial charge is 0.384 e. The molecule has 1 aromatic carbocycles. The fraction of sp³-hybridized carbons (Fsp3) is 0.538. The predicted molar refractivity (Wildman–Crippen MR) is 61.8 cm³/mol. The van der Waals surface area contributed by atoms with Crippen LogP contribution in [0.25, 0.3) is 0 Å². The fourth-order valence-corrected chi connectivity index (χ4v) is 1.71. The van der Waals surface area contributed by atoms with Crippen molar-refractivity contribution in [2.24, 2.45) is 0 Å². The SMILES string of the molecule is Cc1cccc(C(C)(O)CNC2CC2)c1. The Kier molecular flexibility index (Phi) is 2.81. The lowest BCUT2D eigenvalue weighted by Crippen LogP contribution is -2.36. The second kappa shape index (κ2) is 3.95. The highest BCUT2D eigenvalue weighted by Crippen LogP contribution is 2.24. The summed E-state index contributed by atoms with van der Waals surface area (Å²) in [6, 6.07) is 8.72. The predicted octanol–water partition coefficient (Wildman–Crippen LogP) is 1.95. The van der Waals surface area contributed by atoms with Crippen LogP contribution < -0.4 is 5.32 Å². The number of nitrogens with one attached hydrogen (secondary N) is 1. The summed E-state index contributed by atoms with van der Waals surface area (Å²) in [5.41, 5.74) is 1.43. The minimum absolute atomic E-state index is 0.640. The fourth-order valence-electron chi connectivity index (χ4n) is 1.71. The van der Waals surface area contributed by atoms with Crippen molar-refractivity contribution in [3.05, 3.63) is 35.4 Å². The molecule has 0 aliphatic heterocycles. The Morgan fingerprint density at radius 2 is 2.20 bits per heavy atom. The maximum absolute atomic E-state index is 10.3. The summed E-state index contributed by atoms with van der Waals surface area (Å²) in [4.78, 5) is 0. The number of aliphatic hydroxyl groups is 1. The summed E-state index contributed by atoms with van der Waals surface area (Å²) in [7, 11) is 0. The van der Waals surface area contributed by atoms with Crippen LogP contribution in [-0.4, -0.2) is 17.7 Å². The normalized spacial score (nSPS) is 19.9. The Labute approximate surface area is 91.3 Å². The minimum Gasteiger partial charge on any atom is -0.384 e. The second-order valence-corrected chi connectivity index (χ2v) is 4.80. The smallest absolute Gasteiger partial charge is 0.0992 e. The topological polar surface area (TPSA) is 32.3 Å². The van der Waals surface area contributed by atoms with E-state index in [0.29, 0.717) is 12.6 Å². The highest BCUT2D eigenvalue weighted by Gasteiger charge is 2.27. The molecule has 2 nitrogen and oxygen atoms in total. The van der Waals surface area contributed by atoms with Gasteiger partial charge in [0.05, 0.1) is 5.60 Å². The molecule has 0 spiro atoms. The van der Waals surface area contributed by atoms with Crippen LogP contribution in [-0.2, 0) is 5.60 Å². The van der Waals surface area contributed by atoms with Gasteiger partial charge in [-0.1, -0.05) is 29.8 Å². The van der Waals surface area contributed by atoms with Crippen LogP contribution in [0.3, 0.4) is 0 Å². The number of aryl methyl sites for hydroxylation is 1. The third-order valence-corrected chi connectivity index (χ3v) is 2.95. The van der Waals surface area contributed by atoms with Crippen molar-refractivity contribution >= 4 is 0 Å². The van der Waals surface area contributed by atoms with Crippen molar-refractivity contribution in [2.45, 2.75) is 38.3 Å². The van der Waals surface area contributed by atoms with Gasteiger partial charge in [0.15, 0.2) is 0 Å². The van der Waals surface area contributed by atoms with Crippen LogP contribution in [0.1, 0.15) is 30.9 Å². The molecule has 1 atom stereocenters. The summed E-state index contributed by atoms with van der Waals surface area (Å²) >= 11 is 0. The quantitative estimate of drug-likeness (QED) is 0.787. The molecule has 15 heavy (non-hydrogen) atoms. The summed E-state index contributed by atoms with van der Waals surface area (Å²) in [5.74, 6) is 0. The number of hydrogen-bond donors (Lipinski definition) is 2. The first kappa shape index (κ1) is 10.7. The maximum atomic E-state index is 10.3. The summed E-state index contributed by atoms with van der Waals surface area (Å²) in [5, 5.41) is 13.7. The van der Waals surface area contributed by atoms with Gasteiger partial charge >= 0.3 is 0 Å². The van der Waals surface area contributed by atoms with Crippen LogP contribution in [0.15, 0.2) is 24.3 Å². The van der Waals surface area contributed by atoms with Gasteiger partial charge in [-0.2, -0.15) is 0 Å². The second-order valence-electron chi connectivity index (χ2n) is 4.80. The molecule has 0 bridgehead atoms. The van der Waals surface area contributed by atoms with Crippen molar-refractivity contribution in [3.8, 4) is 0 Å². The summed E-state index contributed by atoms with van der Waals surface area (Å²) in [6.07, 6.45) is 2.51. The Morgan fingerprint density at radius 3 is 2.80 bits per heavy atom. The molecule has 0 heterocycles. The lowest BCUT2D eigenvalue weighted by molar-refractivity contribution is 0.0565. The van der Waals surface area contributed by atoms with E-state index in [0.717, 1.165) is 5.56 Å². The highest BCUT2D eigenvalue weighted by atomic mass is 16.3. The van der Waals surface area contributed by atoms with E-state index in [2.05, 4.69) is 11.4 Å². The van der Waals surface area contributed by atoms with Gasteiger partial charge in [-0.15, -0.1) is 0 Å². The molecule has 0 saturated heterocycles. The van der Waals surface area contributed by atoms with Crippen molar-refractivity contribution in [3.63, 3.8) is 0 Å². The van der Waals surface area contributed by atoms with E-state index in [9.17, 15) is 5.11 Å². The first-order valence-corrected chi connectivity index (χ1v) is 5.61. The molecule has 0 amide bonds. The van der Waals surface area contributed by atoms with Gasteiger partial charge in [-0.3, -0.25) is 0 Å². The number of rotatable bonds is 4. The zero-order valence-corrected chi connectivity index (χ0v) is 9.46. The number of hydrogen-bond acceptors (Lipinski definition) is 2. The molecule has 2 rings (SSSR count). The lowest BCUT2D eigenvalue weighted by atomic mass is 9.94. The Bertz CT molecular complexity index is 342. The molecule has 1 aliphatic carbocycles. The average molecular weight is 205 g/mol. The minimum atomic E-state index is -0.755. The van der Waals surface area contributed by atoms with Gasteiger partial charge in [-0.25, -0.2) is 0 Å². The van der Waals surface area contributed by atoms with Gasteiger partial charge in [0.1, 0.15) is 0 Å². The zero-order chi connectivity index (χ0) is 10.9. The van der Waals surface area contributed by atoms with Gasteiger partial charge < -0.3 is 10.4 Å². The molecule has 1 unspecified atom stereocenters. The van der Waals surface area contributed by atoms with Crippen LogP contribution in [0, 0.1) is 6.92 Å². The molecule has 0 aromatic heterocycles. The standard InChI is InChI=1S/C13H19NO/c1-10-4-3-5-11(8-10)13(2,15)9-14-12-6-7-12/h3-5,8,12,14-15H,6-7,9H2,1-2H3. The molecule has 1 saturated carbocycles. The molecule has 1 aliphatic rings. The molecule has 0 radical (unpaired) electrons.